The fraction of sp³-hybridized carbons (Fsp3) is 0.286. The summed E-state index contributed by atoms with van der Waals surface area (Å²) in [6.45, 7) is 1.81. The van der Waals surface area contributed by atoms with Gasteiger partial charge < -0.3 is 10.1 Å². The normalized spacial score (nSPS) is 11.6. The summed E-state index contributed by atoms with van der Waals surface area (Å²) in [7, 11) is 0. The minimum absolute atomic E-state index is 0.0748. The van der Waals surface area contributed by atoms with Gasteiger partial charge in [0, 0.05) is 5.56 Å². The Kier molecular flexibility index (Phi) is 4.02. The van der Waals surface area contributed by atoms with Crippen LogP contribution < -0.4 is 5.56 Å². The first-order valence-corrected chi connectivity index (χ1v) is 6.33. The molecular weight excluding hydrogens is 285 g/mol. The summed E-state index contributed by atoms with van der Waals surface area (Å²) in [5.74, 6) is -0.835. The van der Waals surface area contributed by atoms with Gasteiger partial charge in [0.05, 0.1) is 11.1 Å². The molecule has 0 saturated heterocycles. The van der Waals surface area contributed by atoms with Gasteiger partial charge in [0.15, 0.2) is 0 Å². The summed E-state index contributed by atoms with van der Waals surface area (Å²) in [5.41, 5.74) is -1.75. The zero-order chi connectivity index (χ0) is 15.6. The van der Waals surface area contributed by atoms with Crippen molar-refractivity contribution in [3.8, 4) is 17.3 Å². The van der Waals surface area contributed by atoms with E-state index in [9.17, 15) is 23.1 Å². The molecule has 21 heavy (non-hydrogen) atoms. The van der Waals surface area contributed by atoms with Crippen LogP contribution in [0.2, 0.25) is 0 Å². The van der Waals surface area contributed by atoms with Gasteiger partial charge in [-0.15, -0.1) is 0 Å². The standard InChI is InChI=1S/C14H13F3N2O2/c1-2-5-9-12(20)18-11(19-13(9)21)8-6-3-4-7-10(8)14(15,16)17/h3-4,6-7H,2,5H2,1H3,(H2,18,19,20,21). The Labute approximate surface area is 118 Å². The van der Waals surface area contributed by atoms with Crippen molar-refractivity contribution in [1.82, 2.24) is 9.97 Å². The molecule has 0 bridgehead atoms. The summed E-state index contributed by atoms with van der Waals surface area (Å²) in [6.07, 6.45) is -3.67. The zero-order valence-corrected chi connectivity index (χ0v) is 11.2. The number of aromatic nitrogens is 2. The van der Waals surface area contributed by atoms with E-state index in [1.54, 1.807) is 0 Å². The van der Waals surface area contributed by atoms with E-state index in [0.717, 1.165) is 6.07 Å². The molecule has 1 heterocycles. The third-order valence-electron chi connectivity index (χ3n) is 2.98. The number of halogens is 3. The molecule has 1 aromatic carbocycles. The second-order valence-corrected chi connectivity index (χ2v) is 4.51. The van der Waals surface area contributed by atoms with Crippen LogP contribution in [-0.2, 0) is 12.6 Å². The molecule has 0 amide bonds. The summed E-state index contributed by atoms with van der Waals surface area (Å²) in [6, 6.07) is 4.74. The predicted molar refractivity (Wildman–Crippen MR) is 71.0 cm³/mol. The maximum absolute atomic E-state index is 13.0. The van der Waals surface area contributed by atoms with Crippen molar-refractivity contribution in [1.29, 1.82) is 0 Å². The van der Waals surface area contributed by atoms with Gasteiger partial charge in [-0.3, -0.25) is 4.79 Å². The molecule has 0 aliphatic carbocycles. The van der Waals surface area contributed by atoms with E-state index in [0.29, 0.717) is 12.8 Å². The summed E-state index contributed by atoms with van der Waals surface area (Å²) < 4.78 is 38.9. The number of hydrogen-bond acceptors (Lipinski definition) is 3. The SMILES string of the molecule is CCCc1c(O)nc(-c2ccccc2C(F)(F)F)[nH]c1=O. The first-order valence-electron chi connectivity index (χ1n) is 6.33. The number of aromatic amines is 1. The van der Waals surface area contributed by atoms with Gasteiger partial charge in [-0.25, -0.2) is 0 Å². The van der Waals surface area contributed by atoms with E-state index in [2.05, 4.69) is 9.97 Å². The minimum Gasteiger partial charge on any atom is -0.493 e. The van der Waals surface area contributed by atoms with Crippen LogP contribution >= 0.6 is 0 Å². The van der Waals surface area contributed by atoms with E-state index in [1.165, 1.54) is 18.2 Å². The molecule has 2 rings (SSSR count). The van der Waals surface area contributed by atoms with Gasteiger partial charge in [-0.2, -0.15) is 18.2 Å². The van der Waals surface area contributed by atoms with Gasteiger partial charge >= 0.3 is 6.18 Å². The average molecular weight is 298 g/mol. The van der Waals surface area contributed by atoms with Crippen molar-refractivity contribution in [3.63, 3.8) is 0 Å². The maximum Gasteiger partial charge on any atom is 0.417 e. The molecule has 0 fully saturated rings. The smallest absolute Gasteiger partial charge is 0.417 e. The molecule has 0 spiro atoms. The maximum atomic E-state index is 13.0. The Morgan fingerprint density at radius 3 is 2.52 bits per heavy atom. The Bertz CT molecular complexity index is 708. The predicted octanol–water partition coefficient (Wildman–Crippen LogP) is 3.11. The number of alkyl halides is 3. The molecule has 0 unspecified atom stereocenters. The Morgan fingerprint density at radius 1 is 1.29 bits per heavy atom. The lowest BCUT2D eigenvalue weighted by atomic mass is 10.1. The van der Waals surface area contributed by atoms with Crippen LogP contribution in [0.25, 0.3) is 11.4 Å². The van der Waals surface area contributed by atoms with Crippen LogP contribution in [0.4, 0.5) is 13.2 Å². The van der Waals surface area contributed by atoms with Crippen molar-refractivity contribution in [2.24, 2.45) is 0 Å². The second kappa shape index (κ2) is 5.59. The highest BCUT2D eigenvalue weighted by atomic mass is 19.4. The van der Waals surface area contributed by atoms with Crippen molar-refractivity contribution >= 4 is 0 Å². The van der Waals surface area contributed by atoms with Gasteiger partial charge in [0.25, 0.3) is 5.56 Å². The van der Waals surface area contributed by atoms with E-state index in [1.807, 2.05) is 6.92 Å². The van der Waals surface area contributed by atoms with Crippen molar-refractivity contribution in [2.75, 3.05) is 0 Å². The topological polar surface area (TPSA) is 66.0 Å². The highest BCUT2D eigenvalue weighted by Gasteiger charge is 2.34. The van der Waals surface area contributed by atoms with E-state index in [4.69, 9.17) is 0 Å². The van der Waals surface area contributed by atoms with Crippen LogP contribution in [0.15, 0.2) is 29.1 Å². The minimum atomic E-state index is -4.58. The number of benzene rings is 1. The molecule has 0 aliphatic heterocycles. The van der Waals surface area contributed by atoms with Crippen LogP contribution in [0.5, 0.6) is 5.88 Å². The third kappa shape index (κ3) is 3.07. The molecule has 112 valence electrons. The first-order chi connectivity index (χ1) is 9.84. The molecule has 2 aromatic rings. The number of rotatable bonds is 3. The van der Waals surface area contributed by atoms with Gasteiger partial charge in [-0.1, -0.05) is 31.5 Å². The van der Waals surface area contributed by atoms with Crippen LogP contribution in [0.1, 0.15) is 24.5 Å². The van der Waals surface area contributed by atoms with Gasteiger partial charge in [0.1, 0.15) is 5.82 Å². The van der Waals surface area contributed by atoms with Crippen molar-refractivity contribution < 1.29 is 18.3 Å². The van der Waals surface area contributed by atoms with Gasteiger partial charge in [-0.05, 0) is 12.5 Å². The largest absolute Gasteiger partial charge is 0.493 e. The molecule has 4 nitrogen and oxygen atoms in total. The van der Waals surface area contributed by atoms with Crippen molar-refractivity contribution in [2.45, 2.75) is 25.9 Å². The zero-order valence-electron chi connectivity index (χ0n) is 11.2. The first kappa shape index (κ1) is 15.1. The summed E-state index contributed by atoms with van der Waals surface area (Å²) in [5, 5.41) is 9.75. The number of hydrogen-bond donors (Lipinski definition) is 2. The molecule has 1 aromatic heterocycles. The Morgan fingerprint density at radius 2 is 1.95 bits per heavy atom. The quantitative estimate of drug-likeness (QED) is 0.915. The summed E-state index contributed by atoms with van der Waals surface area (Å²) in [4.78, 5) is 17.8. The number of nitrogens with zero attached hydrogens (tertiary/aromatic N) is 1. The highest BCUT2D eigenvalue weighted by molar-refractivity contribution is 5.61. The molecular formula is C14H13F3N2O2. The Balaban J connectivity index is 2.62. The lowest BCUT2D eigenvalue weighted by molar-refractivity contribution is -0.137. The van der Waals surface area contributed by atoms with Crippen molar-refractivity contribution in [3.05, 3.63) is 45.7 Å². The molecule has 2 N–H and O–H groups in total. The van der Waals surface area contributed by atoms with Crippen LogP contribution in [0.3, 0.4) is 0 Å². The van der Waals surface area contributed by atoms with Crippen LogP contribution in [-0.4, -0.2) is 15.1 Å². The van der Waals surface area contributed by atoms with E-state index < -0.39 is 23.2 Å². The molecule has 0 radical (unpaired) electrons. The fourth-order valence-electron chi connectivity index (χ4n) is 2.03. The molecule has 0 aliphatic rings. The number of H-pyrrole nitrogens is 1. The summed E-state index contributed by atoms with van der Waals surface area (Å²) >= 11 is 0. The number of aromatic hydroxyl groups is 1. The number of nitrogens with one attached hydrogen (secondary N) is 1. The third-order valence-corrected chi connectivity index (χ3v) is 2.98. The molecule has 0 atom stereocenters. The second-order valence-electron chi connectivity index (χ2n) is 4.51. The van der Waals surface area contributed by atoms with Crippen LogP contribution in [0, 0.1) is 0 Å². The highest BCUT2D eigenvalue weighted by Crippen LogP contribution is 2.35. The Hall–Kier alpha value is -2.31. The monoisotopic (exact) mass is 298 g/mol. The fourth-order valence-corrected chi connectivity index (χ4v) is 2.03. The van der Waals surface area contributed by atoms with E-state index >= 15 is 0 Å². The average Bonchev–Trinajstić information content (AvgIpc) is 2.42. The van der Waals surface area contributed by atoms with E-state index in [-0.39, 0.29) is 17.0 Å². The molecule has 0 saturated carbocycles. The lowest BCUT2D eigenvalue weighted by Gasteiger charge is -2.12. The van der Waals surface area contributed by atoms with Gasteiger partial charge in [0.2, 0.25) is 5.88 Å². The molecule has 7 heteroatoms. The lowest BCUT2D eigenvalue weighted by Crippen LogP contribution is -2.16.